The Morgan fingerprint density at radius 2 is 1.00 bits per heavy atom. The Labute approximate surface area is 138 Å². The number of rotatable bonds is 5. The van der Waals surface area contributed by atoms with Crippen molar-refractivity contribution >= 4 is 13.7 Å². The van der Waals surface area contributed by atoms with Crippen LogP contribution in [0.3, 0.4) is 0 Å². The zero-order valence-corrected chi connectivity index (χ0v) is 14.2. The predicted octanol–water partition coefficient (Wildman–Crippen LogP) is 5.40. The first-order valence-corrected chi connectivity index (χ1v) is 8.73. The monoisotopic (exact) mass is 322 g/mol. The molecule has 3 heteroatoms. The quantitative estimate of drug-likeness (QED) is 0.586. The maximum Gasteiger partial charge on any atom is 0.326 e. The fourth-order valence-electron chi connectivity index (χ4n) is 2.06. The van der Waals surface area contributed by atoms with Crippen LogP contribution < -0.4 is 14.4 Å². The molecule has 2 nitrogen and oxygen atoms in total. The minimum Gasteiger partial charge on any atom is -0.435 e. The van der Waals surface area contributed by atoms with Gasteiger partial charge in [0, 0.05) is 0 Å². The maximum atomic E-state index is 6.13. The molecule has 0 saturated heterocycles. The summed E-state index contributed by atoms with van der Waals surface area (Å²) in [5.41, 5.74) is 2.42. The molecule has 0 radical (unpaired) electrons. The summed E-state index contributed by atoms with van der Waals surface area (Å²) in [5.74, 6) is 1.63. The second-order valence-corrected chi connectivity index (χ2v) is 6.80. The summed E-state index contributed by atoms with van der Waals surface area (Å²) in [7, 11) is -1.23. The Hall–Kier alpha value is -2.31. The van der Waals surface area contributed by atoms with Gasteiger partial charge in [-0.25, -0.2) is 0 Å². The molecule has 3 rings (SSSR count). The molecule has 23 heavy (non-hydrogen) atoms. The van der Waals surface area contributed by atoms with E-state index in [0.29, 0.717) is 0 Å². The molecule has 0 bridgehead atoms. The van der Waals surface area contributed by atoms with E-state index in [2.05, 4.69) is 13.8 Å². The molecule has 0 aromatic heterocycles. The SMILES string of the molecule is Cc1ccc(OP(Oc2ccc(C)cc2)c2ccccc2)cc1. The minimum absolute atomic E-state index is 0.817. The third kappa shape index (κ3) is 4.34. The first-order chi connectivity index (χ1) is 11.2. The molecule has 0 N–H and O–H groups in total. The molecule has 0 aliphatic carbocycles. The summed E-state index contributed by atoms with van der Waals surface area (Å²) in [6, 6.07) is 26.1. The van der Waals surface area contributed by atoms with E-state index in [9.17, 15) is 0 Å². The molecule has 0 fully saturated rings. The summed E-state index contributed by atoms with van der Waals surface area (Å²) in [6.07, 6.45) is 0. The van der Waals surface area contributed by atoms with E-state index < -0.39 is 8.38 Å². The molecule has 0 spiro atoms. The van der Waals surface area contributed by atoms with Crippen LogP contribution in [0.4, 0.5) is 0 Å². The maximum absolute atomic E-state index is 6.13. The summed E-state index contributed by atoms with van der Waals surface area (Å²) in [4.78, 5) is 0. The van der Waals surface area contributed by atoms with Crippen molar-refractivity contribution in [1.29, 1.82) is 0 Å². The summed E-state index contributed by atoms with van der Waals surface area (Å²) in [5, 5.41) is 1.05. The smallest absolute Gasteiger partial charge is 0.326 e. The zero-order valence-electron chi connectivity index (χ0n) is 13.3. The van der Waals surface area contributed by atoms with Crippen molar-refractivity contribution in [2.24, 2.45) is 0 Å². The predicted molar refractivity (Wildman–Crippen MR) is 96.6 cm³/mol. The van der Waals surface area contributed by atoms with Gasteiger partial charge in [0.25, 0.3) is 0 Å². The van der Waals surface area contributed by atoms with Gasteiger partial charge in [0.15, 0.2) is 0 Å². The van der Waals surface area contributed by atoms with Gasteiger partial charge in [0.05, 0.1) is 5.30 Å². The molecule has 116 valence electrons. The van der Waals surface area contributed by atoms with Gasteiger partial charge in [-0.2, -0.15) is 0 Å². The highest BCUT2D eigenvalue weighted by atomic mass is 31.2. The van der Waals surface area contributed by atoms with Crippen molar-refractivity contribution in [2.75, 3.05) is 0 Å². The van der Waals surface area contributed by atoms with Gasteiger partial charge in [0.1, 0.15) is 11.5 Å². The molecular weight excluding hydrogens is 303 g/mol. The van der Waals surface area contributed by atoms with Crippen LogP contribution >= 0.6 is 8.38 Å². The van der Waals surface area contributed by atoms with Gasteiger partial charge in [0.2, 0.25) is 0 Å². The molecule has 0 unspecified atom stereocenters. The third-order valence-corrected chi connectivity index (χ3v) is 4.86. The second kappa shape index (κ2) is 7.30. The molecule has 0 aliphatic heterocycles. The minimum atomic E-state index is -1.23. The Kier molecular flexibility index (Phi) is 4.95. The van der Waals surface area contributed by atoms with E-state index in [1.54, 1.807) is 0 Å². The Bertz CT molecular complexity index is 689. The number of aryl methyl sites for hydroxylation is 2. The van der Waals surface area contributed by atoms with E-state index in [1.807, 2.05) is 78.9 Å². The lowest BCUT2D eigenvalue weighted by Gasteiger charge is -2.19. The second-order valence-electron chi connectivity index (χ2n) is 5.40. The standard InChI is InChI=1S/C20H19O2P/c1-16-8-12-18(13-9-16)21-23(20-6-4-3-5-7-20)22-19-14-10-17(2)11-15-19/h3-15H,1-2H3. The van der Waals surface area contributed by atoms with E-state index >= 15 is 0 Å². The van der Waals surface area contributed by atoms with Crippen LogP contribution in [0.2, 0.25) is 0 Å². The van der Waals surface area contributed by atoms with Crippen molar-refractivity contribution in [1.82, 2.24) is 0 Å². The van der Waals surface area contributed by atoms with Crippen molar-refractivity contribution in [2.45, 2.75) is 13.8 Å². The lowest BCUT2D eigenvalue weighted by molar-refractivity contribution is 0.501. The van der Waals surface area contributed by atoms with Gasteiger partial charge < -0.3 is 9.05 Å². The zero-order chi connectivity index (χ0) is 16.1. The van der Waals surface area contributed by atoms with Crippen LogP contribution in [0.5, 0.6) is 11.5 Å². The van der Waals surface area contributed by atoms with Gasteiger partial charge in [-0.15, -0.1) is 0 Å². The molecule has 0 aliphatic rings. The van der Waals surface area contributed by atoms with Crippen LogP contribution in [-0.2, 0) is 0 Å². The Morgan fingerprint density at radius 3 is 1.43 bits per heavy atom. The van der Waals surface area contributed by atoms with Crippen LogP contribution in [0.1, 0.15) is 11.1 Å². The van der Waals surface area contributed by atoms with E-state index in [0.717, 1.165) is 16.8 Å². The third-order valence-electron chi connectivity index (χ3n) is 3.39. The van der Waals surface area contributed by atoms with Crippen LogP contribution in [0.15, 0.2) is 78.9 Å². The average molecular weight is 322 g/mol. The fraction of sp³-hybridized carbons (Fsp3) is 0.100. The highest BCUT2D eigenvalue weighted by molar-refractivity contribution is 7.56. The normalized spacial score (nSPS) is 10.6. The number of hydrogen-bond acceptors (Lipinski definition) is 2. The number of benzene rings is 3. The van der Waals surface area contributed by atoms with Crippen molar-refractivity contribution in [3.8, 4) is 11.5 Å². The Morgan fingerprint density at radius 1 is 0.565 bits per heavy atom. The topological polar surface area (TPSA) is 18.5 Å². The van der Waals surface area contributed by atoms with Crippen LogP contribution in [0, 0.1) is 13.8 Å². The van der Waals surface area contributed by atoms with Gasteiger partial charge in [-0.3, -0.25) is 0 Å². The molecule has 0 heterocycles. The lowest BCUT2D eigenvalue weighted by Crippen LogP contribution is -2.09. The highest BCUT2D eigenvalue weighted by Crippen LogP contribution is 2.39. The first kappa shape index (κ1) is 15.6. The first-order valence-electron chi connectivity index (χ1n) is 7.55. The average Bonchev–Trinajstić information content (AvgIpc) is 2.59. The van der Waals surface area contributed by atoms with Crippen LogP contribution in [0.25, 0.3) is 0 Å². The van der Waals surface area contributed by atoms with Crippen molar-refractivity contribution < 1.29 is 9.05 Å². The highest BCUT2D eigenvalue weighted by Gasteiger charge is 2.17. The molecule has 3 aromatic rings. The van der Waals surface area contributed by atoms with Crippen LogP contribution in [-0.4, -0.2) is 0 Å². The largest absolute Gasteiger partial charge is 0.435 e. The molecule has 0 atom stereocenters. The molecule has 3 aromatic carbocycles. The molecule has 0 saturated carbocycles. The fourth-order valence-corrected chi connectivity index (χ4v) is 3.35. The van der Waals surface area contributed by atoms with E-state index in [4.69, 9.17) is 9.05 Å². The van der Waals surface area contributed by atoms with E-state index in [1.165, 1.54) is 11.1 Å². The summed E-state index contributed by atoms with van der Waals surface area (Å²) < 4.78 is 12.3. The van der Waals surface area contributed by atoms with Gasteiger partial charge >= 0.3 is 8.38 Å². The molecular formula is C20H19O2P. The number of hydrogen-bond donors (Lipinski definition) is 0. The Balaban J connectivity index is 1.84. The van der Waals surface area contributed by atoms with E-state index in [-0.39, 0.29) is 0 Å². The van der Waals surface area contributed by atoms with Gasteiger partial charge in [-0.05, 0) is 50.2 Å². The van der Waals surface area contributed by atoms with Crippen molar-refractivity contribution in [3.05, 3.63) is 90.0 Å². The van der Waals surface area contributed by atoms with Gasteiger partial charge in [-0.1, -0.05) is 53.6 Å². The molecule has 0 amide bonds. The summed E-state index contributed by atoms with van der Waals surface area (Å²) >= 11 is 0. The lowest BCUT2D eigenvalue weighted by atomic mass is 10.2. The summed E-state index contributed by atoms with van der Waals surface area (Å²) in [6.45, 7) is 4.12. The van der Waals surface area contributed by atoms with Crippen molar-refractivity contribution in [3.63, 3.8) is 0 Å².